The van der Waals surface area contributed by atoms with Crippen LogP contribution in [0.1, 0.15) is 45.6 Å². The van der Waals surface area contributed by atoms with Gasteiger partial charge in [-0.3, -0.25) is 0 Å². The zero-order valence-corrected chi connectivity index (χ0v) is 14.9. The summed E-state index contributed by atoms with van der Waals surface area (Å²) in [5, 5.41) is 5.06. The predicted molar refractivity (Wildman–Crippen MR) is 93.3 cm³/mol. The van der Waals surface area contributed by atoms with E-state index in [-0.39, 0.29) is 0 Å². The Balaban J connectivity index is 2.11. The Bertz CT molecular complexity index is 470. The molecule has 0 aromatic heterocycles. The molecule has 0 aliphatic heterocycles. The van der Waals surface area contributed by atoms with E-state index in [0.29, 0.717) is 11.3 Å². The Labute approximate surface area is 139 Å². The van der Waals surface area contributed by atoms with E-state index in [9.17, 15) is 0 Å². The van der Waals surface area contributed by atoms with Crippen molar-refractivity contribution in [3.05, 3.63) is 33.8 Å². The Morgan fingerprint density at radius 2 is 2.00 bits per heavy atom. The largest absolute Gasteiger partial charge is 0.317 e. The minimum Gasteiger partial charge on any atom is -0.317 e. The van der Waals surface area contributed by atoms with Gasteiger partial charge < -0.3 is 5.32 Å². The molecule has 1 N–H and O–H groups in total. The van der Waals surface area contributed by atoms with Crippen LogP contribution in [0.4, 0.5) is 0 Å². The van der Waals surface area contributed by atoms with Gasteiger partial charge in [0.25, 0.3) is 0 Å². The van der Waals surface area contributed by atoms with Gasteiger partial charge in [0.05, 0.1) is 0 Å². The molecule has 0 spiro atoms. The van der Waals surface area contributed by atoms with Crippen LogP contribution in [0, 0.1) is 17.3 Å². The summed E-state index contributed by atoms with van der Waals surface area (Å²) in [6.07, 6.45) is 4.99. The van der Waals surface area contributed by atoms with Crippen LogP contribution in [0.15, 0.2) is 18.2 Å². The molecule has 1 saturated carbocycles. The van der Waals surface area contributed by atoms with Crippen molar-refractivity contribution in [2.75, 3.05) is 13.1 Å². The van der Waals surface area contributed by atoms with Gasteiger partial charge in [-0.2, -0.15) is 0 Å². The third-order valence-corrected chi connectivity index (χ3v) is 5.41. The van der Waals surface area contributed by atoms with Crippen molar-refractivity contribution in [1.82, 2.24) is 5.32 Å². The SMILES string of the molecule is CCNCC1CCC(C)(C)CC1Cc1ccc(Cl)cc1Cl. The molecule has 1 aliphatic rings. The van der Waals surface area contributed by atoms with Crippen molar-refractivity contribution in [1.29, 1.82) is 0 Å². The predicted octanol–water partition coefficient (Wildman–Crippen LogP) is 5.59. The summed E-state index contributed by atoms with van der Waals surface area (Å²) in [5.74, 6) is 1.45. The van der Waals surface area contributed by atoms with Gasteiger partial charge in [-0.05, 0) is 73.7 Å². The highest BCUT2D eigenvalue weighted by Gasteiger charge is 2.34. The summed E-state index contributed by atoms with van der Waals surface area (Å²) in [5.41, 5.74) is 1.69. The fourth-order valence-corrected chi connectivity index (χ4v) is 4.08. The molecule has 0 saturated heterocycles. The standard InChI is InChI=1S/C18H27Cl2N/c1-4-21-12-14-7-8-18(2,3)11-15(14)9-13-5-6-16(19)10-17(13)20/h5-6,10,14-15,21H,4,7-9,11-12H2,1-3H3. The zero-order chi connectivity index (χ0) is 15.5. The maximum atomic E-state index is 6.37. The molecule has 1 nitrogen and oxygen atoms in total. The summed E-state index contributed by atoms with van der Waals surface area (Å²) in [4.78, 5) is 0. The fourth-order valence-electron chi connectivity index (χ4n) is 3.60. The molecule has 1 fully saturated rings. The minimum atomic E-state index is 0.451. The highest BCUT2D eigenvalue weighted by molar-refractivity contribution is 6.35. The average molecular weight is 328 g/mol. The summed E-state index contributed by atoms with van der Waals surface area (Å²) in [7, 11) is 0. The Hall–Kier alpha value is -0.240. The zero-order valence-electron chi connectivity index (χ0n) is 13.4. The van der Waals surface area contributed by atoms with Gasteiger partial charge in [0, 0.05) is 10.0 Å². The summed E-state index contributed by atoms with van der Waals surface area (Å²) in [6.45, 7) is 9.15. The number of benzene rings is 1. The quantitative estimate of drug-likeness (QED) is 0.743. The van der Waals surface area contributed by atoms with Crippen molar-refractivity contribution in [2.24, 2.45) is 17.3 Å². The van der Waals surface area contributed by atoms with Crippen molar-refractivity contribution in [2.45, 2.75) is 46.5 Å². The van der Waals surface area contributed by atoms with Gasteiger partial charge in [0.2, 0.25) is 0 Å². The molecule has 0 heterocycles. The van der Waals surface area contributed by atoms with Crippen LogP contribution in [0.3, 0.4) is 0 Å². The van der Waals surface area contributed by atoms with Gasteiger partial charge in [-0.25, -0.2) is 0 Å². The summed E-state index contributed by atoms with van der Waals surface area (Å²) < 4.78 is 0. The lowest BCUT2D eigenvalue weighted by atomic mass is 9.65. The lowest BCUT2D eigenvalue weighted by Gasteiger charge is -2.41. The van der Waals surface area contributed by atoms with E-state index < -0.39 is 0 Å². The van der Waals surface area contributed by atoms with E-state index in [2.05, 4.69) is 32.2 Å². The second-order valence-electron chi connectivity index (χ2n) is 7.17. The molecule has 3 heteroatoms. The average Bonchev–Trinajstić information content (AvgIpc) is 2.40. The van der Waals surface area contributed by atoms with E-state index in [0.717, 1.165) is 35.5 Å². The van der Waals surface area contributed by atoms with Crippen LogP contribution in [-0.2, 0) is 6.42 Å². The molecule has 2 atom stereocenters. The molecule has 2 rings (SSSR count). The van der Waals surface area contributed by atoms with Gasteiger partial charge in [-0.1, -0.05) is 50.0 Å². The Morgan fingerprint density at radius 3 is 2.67 bits per heavy atom. The molecule has 0 amide bonds. The third kappa shape index (κ3) is 4.87. The first kappa shape index (κ1) is 17.1. The molecule has 21 heavy (non-hydrogen) atoms. The molecular weight excluding hydrogens is 301 g/mol. The number of halogens is 2. The van der Waals surface area contributed by atoms with Crippen LogP contribution in [0.5, 0.6) is 0 Å². The van der Waals surface area contributed by atoms with E-state index in [4.69, 9.17) is 23.2 Å². The first-order valence-corrected chi connectivity index (χ1v) is 8.81. The van der Waals surface area contributed by atoms with Crippen molar-refractivity contribution in [3.63, 3.8) is 0 Å². The van der Waals surface area contributed by atoms with E-state index in [1.807, 2.05) is 12.1 Å². The van der Waals surface area contributed by atoms with Crippen LogP contribution in [0.25, 0.3) is 0 Å². The second kappa shape index (κ2) is 7.35. The molecule has 0 bridgehead atoms. The van der Waals surface area contributed by atoms with Gasteiger partial charge >= 0.3 is 0 Å². The summed E-state index contributed by atoms with van der Waals surface area (Å²) in [6, 6.07) is 5.92. The lowest BCUT2D eigenvalue weighted by Crippen LogP contribution is -2.37. The first-order valence-electron chi connectivity index (χ1n) is 8.06. The molecule has 0 radical (unpaired) electrons. The minimum absolute atomic E-state index is 0.451. The molecule has 118 valence electrons. The van der Waals surface area contributed by atoms with Gasteiger partial charge in [0.1, 0.15) is 0 Å². The third-order valence-electron chi connectivity index (χ3n) is 4.83. The van der Waals surface area contributed by atoms with Gasteiger partial charge in [0.15, 0.2) is 0 Å². The van der Waals surface area contributed by atoms with Crippen molar-refractivity contribution in [3.8, 4) is 0 Å². The topological polar surface area (TPSA) is 12.0 Å². The molecule has 1 aromatic carbocycles. The highest BCUT2D eigenvalue weighted by atomic mass is 35.5. The fraction of sp³-hybridized carbons (Fsp3) is 0.667. The van der Waals surface area contributed by atoms with Crippen LogP contribution in [-0.4, -0.2) is 13.1 Å². The maximum absolute atomic E-state index is 6.37. The smallest absolute Gasteiger partial charge is 0.0452 e. The normalized spacial score (nSPS) is 25.0. The number of nitrogens with one attached hydrogen (secondary N) is 1. The van der Waals surface area contributed by atoms with Crippen molar-refractivity contribution >= 4 is 23.2 Å². The van der Waals surface area contributed by atoms with E-state index >= 15 is 0 Å². The van der Waals surface area contributed by atoms with Crippen molar-refractivity contribution < 1.29 is 0 Å². The molecule has 2 unspecified atom stereocenters. The Kier molecular flexibility index (Phi) is 5.99. The maximum Gasteiger partial charge on any atom is 0.0452 e. The Morgan fingerprint density at radius 1 is 1.24 bits per heavy atom. The van der Waals surface area contributed by atoms with E-state index in [1.54, 1.807) is 0 Å². The number of hydrogen-bond acceptors (Lipinski definition) is 1. The van der Waals surface area contributed by atoms with Crippen LogP contribution < -0.4 is 5.32 Å². The van der Waals surface area contributed by atoms with Crippen LogP contribution in [0.2, 0.25) is 10.0 Å². The monoisotopic (exact) mass is 327 g/mol. The highest BCUT2D eigenvalue weighted by Crippen LogP contribution is 2.43. The lowest BCUT2D eigenvalue weighted by molar-refractivity contribution is 0.116. The number of hydrogen-bond donors (Lipinski definition) is 1. The summed E-state index contributed by atoms with van der Waals surface area (Å²) >= 11 is 12.4. The molecule has 1 aliphatic carbocycles. The molecular formula is C18H27Cl2N. The number of rotatable bonds is 5. The second-order valence-corrected chi connectivity index (χ2v) is 8.02. The van der Waals surface area contributed by atoms with Gasteiger partial charge in [-0.15, -0.1) is 0 Å². The molecule has 1 aromatic rings. The van der Waals surface area contributed by atoms with E-state index in [1.165, 1.54) is 24.8 Å². The van der Waals surface area contributed by atoms with Crippen LogP contribution >= 0.6 is 23.2 Å². The first-order chi connectivity index (χ1) is 9.91.